The maximum atomic E-state index is 9.48. The van der Waals surface area contributed by atoms with E-state index >= 15 is 0 Å². The van der Waals surface area contributed by atoms with Gasteiger partial charge in [0.05, 0.1) is 6.61 Å². The monoisotopic (exact) mass is 289 g/mol. The average Bonchev–Trinajstić information content (AvgIpc) is 2.48. The van der Waals surface area contributed by atoms with Gasteiger partial charge in [-0.25, -0.2) is 0 Å². The van der Waals surface area contributed by atoms with Crippen molar-refractivity contribution in [2.24, 2.45) is 0 Å². The zero-order valence-electron chi connectivity index (χ0n) is 11.6. The SMILES string of the molecule is Cc1ccc(CNC(CO)Cc2ccccc2)cc1Cl. The Morgan fingerprint density at radius 3 is 2.50 bits per heavy atom. The summed E-state index contributed by atoms with van der Waals surface area (Å²) in [6.07, 6.45) is 0.816. The summed E-state index contributed by atoms with van der Waals surface area (Å²) in [6.45, 7) is 2.82. The molecular weight excluding hydrogens is 270 g/mol. The fourth-order valence-electron chi connectivity index (χ4n) is 2.11. The molecule has 106 valence electrons. The van der Waals surface area contributed by atoms with Crippen LogP contribution in [0.1, 0.15) is 16.7 Å². The van der Waals surface area contributed by atoms with E-state index in [1.54, 1.807) is 0 Å². The summed E-state index contributed by atoms with van der Waals surface area (Å²) in [7, 11) is 0. The maximum Gasteiger partial charge on any atom is 0.0587 e. The predicted octanol–water partition coefficient (Wildman–Crippen LogP) is 3.34. The largest absolute Gasteiger partial charge is 0.395 e. The molecule has 0 aromatic heterocycles. The van der Waals surface area contributed by atoms with Crippen LogP contribution in [0.3, 0.4) is 0 Å². The van der Waals surface area contributed by atoms with Crippen LogP contribution < -0.4 is 5.32 Å². The van der Waals surface area contributed by atoms with Gasteiger partial charge in [-0.05, 0) is 36.1 Å². The van der Waals surface area contributed by atoms with Crippen molar-refractivity contribution >= 4 is 11.6 Å². The van der Waals surface area contributed by atoms with E-state index in [-0.39, 0.29) is 12.6 Å². The number of aryl methyl sites for hydroxylation is 1. The minimum atomic E-state index is 0.0532. The fraction of sp³-hybridized carbons (Fsp3) is 0.294. The molecule has 2 aromatic carbocycles. The van der Waals surface area contributed by atoms with Crippen molar-refractivity contribution in [3.63, 3.8) is 0 Å². The highest BCUT2D eigenvalue weighted by atomic mass is 35.5. The fourth-order valence-corrected chi connectivity index (χ4v) is 2.31. The molecule has 0 saturated heterocycles. The van der Waals surface area contributed by atoms with Gasteiger partial charge in [0.1, 0.15) is 0 Å². The van der Waals surface area contributed by atoms with Crippen LogP contribution >= 0.6 is 11.6 Å². The van der Waals surface area contributed by atoms with Gasteiger partial charge >= 0.3 is 0 Å². The van der Waals surface area contributed by atoms with Crippen molar-refractivity contribution in [2.45, 2.75) is 25.9 Å². The second kappa shape index (κ2) is 7.44. The summed E-state index contributed by atoms with van der Waals surface area (Å²) < 4.78 is 0. The van der Waals surface area contributed by atoms with Gasteiger partial charge in [-0.2, -0.15) is 0 Å². The zero-order valence-corrected chi connectivity index (χ0v) is 12.4. The van der Waals surface area contributed by atoms with E-state index in [1.165, 1.54) is 5.56 Å². The van der Waals surface area contributed by atoms with Crippen LogP contribution in [0.5, 0.6) is 0 Å². The van der Waals surface area contributed by atoms with Crippen LogP contribution in [-0.4, -0.2) is 17.8 Å². The van der Waals surface area contributed by atoms with E-state index in [0.29, 0.717) is 6.54 Å². The molecule has 0 aliphatic rings. The molecule has 0 fully saturated rings. The quantitative estimate of drug-likeness (QED) is 0.855. The van der Waals surface area contributed by atoms with Crippen molar-refractivity contribution in [3.8, 4) is 0 Å². The van der Waals surface area contributed by atoms with Crippen LogP contribution in [0.2, 0.25) is 5.02 Å². The van der Waals surface area contributed by atoms with E-state index < -0.39 is 0 Å². The molecule has 0 aliphatic carbocycles. The highest BCUT2D eigenvalue weighted by molar-refractivity contribution is 6.31. The molecule has 1 atom stereocenters. The Balaban J connectivity index is 1.92. The van der Waals surface area contributed by atoms with Crippen molar-refractivity contribution in [2.75, 3.05) is 6.61 Å². The Hall–Kier alpha value is -1.35. The summed E-state index contributed by atoms with van der Waals surface area (Å²) in [5.41, 5.74) is 3.44. The van der Waals surface area contributed by atoms with Crippen LogP contribution in [0.15, 0.2) is 48.5 Å². The lowest BCUT2D eigenvalue weighted by molar-refractivity contribution is 0.241. The van der Waals surface area contributed by atoms with Gasteiger partial charge in [-0.3, -0.25) is 0 Å². The van der Waals surface area contributed by atoms with Gasteiger partial charge in [0.15, 0.2) is 0 Å². The lowest BCUT2D eigenvalue weighted by Gasteiger charge is -2.16. The first-order valence-electron chi connectivity index (χ1n) is 6.82. The molecule has 2 rings (SSSR count). The van der Waals surface area contributed by atoms with E-state index in [4.69, 9.17) is 11.6 Å². The van der Waals surface area contributed by atoms with Gasteiger partial charge in [-0.1, -0.05) is 54.1 Å². The molecule has 2 nitrogen and oxygen atoms in total. The molecular formula is C17H20ClNO. The maximum absolute atomic E-state index is 9.48. The highest BCUT2D eigenvalue weighted by Gasteiger charge is 2.08. The average molecular weight is 290 g/mol. The zero-order chi connectivity index (χ0) is 14.4. The summed E-state index contributed by atoms with van der Waals surface area (Å²) in [5.74, 6) is 0. The molecule has 2 N–H and O–H groups in total. The predicted molar refractivity (Wildman–Crippen MR) is 84.0 cm³/mol. The van der Waals surface area contributed by atoms with Crippen molar-refractivity contribution in [1.29, 1.82) is 0 Å². The minimum Gasteiger partial charge on any atom is -0.395 e. The summed E-state index contributed by atoms with van der Waals surface area (Å²) >= 11 is 6.12. The third kappa shape index (κ3) is 4.34. The van der Waals surface area contributed by atoms with E-state index in [9.17, 15) is 5.11 Å². The van der Waals surface area contributed by atoms with Gasteiger partial charge < -0.3 is 10.4 Å². The normalized spacial score (nSPS) is 12.3. The van der Waals surface area contributed by atoms with Gasteiger partial charge in [-0.15, -0.1) is 0 Å². The third-order valence-electron chi connectivity index (χ3n) is 3.38. The van der Waals surface area contributed by atoms with E-state index in [0.717, 1.165) is 22.6 Å². The number of aliphatic hydroxyl groups excluding tert-OH is 1. The smallest absolute Gasteiger partial charge is 0.0587 e. The molecule has 0 saturated carbocycles. The van der Waals surface area contributed by atoms with Gasteiger partial charge in [0.2, 0.25) is 0 Å². The summed E-state index contributed by atoms with van der Waals surface area (Å²) in [6, 6.07) is 16.3. The van der Waals surface area contributed by atoms with Crippen molar-refractivity contribution in [1.82, 2.24) is 5.32 Å². The summed E-state index contributed by atoms with van der Waals surface area (Å²) in [5, 5.41) is 13.6. The Bertz CT molecular complexity index is 542. The second-order valence-electron chi connectivity index (χ2n) is 5.03. The highest BCUT2D eigenvalue weighted by Crippen LogP contribution is 2.16. The van der Waals surface area contributed by atoms with Crippen LogP contribution in [0.4, 0.5) is 0 Å². The van der Waals surface area contributed by atoms with Crippen molar-refractivity contribution in [3.05, 3.63) is 70.2 Å². The molecule has 20 heavy (non-hydrogen) atoms. The molecule has 0 radical (unpaired) electrons. The first-order chi connectivity index (χ1) is 9.69. The number of halogens is 1. The molecule has 0 amide bonds. The van der Waals surface area contributed by atoms with Crippen molar-refractivity contribution < 1.29 is 5.11 Å². The van der Waals surface area contributed by atoms with Crippen LogP contribution in [0, 0.1) is 6.92 Å². The number of hydrogen-bond donors (Lipinski definition) is 2. The number of hydrogen-bond acceptors (Lipinski definition) is 2. The lowest BCUT2D eigenvalue weighted by Crippen LogP contribution is -2.34. The first-order valence-corrected chi connectivity index (χ1v) is 7.20. The van der Waals surface area contributed by atoms with Gasteiger partial charge in [0.25, 0.3) is 0 Å². The minimum absolute atomic E-state index is 0.0532. The van der Waals surface area contributed by atoms with Gasteiger partial charge in [0, 0.05) is 17.6 Å². The van der Waals surface area contributed by atoms with E-state index in [1.807, 2.05) is 37.3 Å². The standard InChI is InChI=1S/C17H20ClNO/c1-13-7-8-15(10-17(13)18)11-19-16(12-20)9-14-5-3-2-4-6-14/h2-8,10,16,19-20H,9,11-12H2,1H3. The van der Waals surface area contributed by atoms with Crippen LogP contribution in [0.25, 0.3) is 0 Å². The lowest BCUT2D eigenvalue weighted by atomic mass is 10.1. The van der Waals surface area contributed by atoms with Crippen LogP contribution in [-0.2, 0) is 13.0 Å². The molecule has 2 aromatic rings. The number of rotatable bonds is 6. The third-order valence-corrected chi connectivity index (χ3v) is 3.78. The molecule has 0 aliphatic heterocycles. The molecule has 0 heterocycles. The molecule has 0 bridgehead atoms. The molecule has 3 heteroatoms. The Kier molecular flexibility index (Phi) is 5.60. The topological polar surface area (TPSA) is 32.3 Å². The molecule has 0 spiro atoms. The Labute approximate surface area is 125 Å². The first kappa shape index (κ1) is 15.0. The second-order valence-corrected chi connectivity index (χ2v) is 5.44. The molecule has 1 unspecified atom stereocenters. The van der Waals surface area contributed by atoms with E-state index in [2.05, 4.69) is 23.5 Å². The Morgan fingerprint density at radius 1 is 1.10 bits per heavy atom. The number of nitrogens with one attached hydrogen (secondary N) is 1. The summed E-state index contributed by atoms with van der Waals surface area (Å²) in [4.78, 5) is 0. The number of aliphatic hydroxyl groups is 1. The Morgan fingerprint density at radius 2 is 1.85 bits per heavy atom. The number of benzene rings is 2.